The normalized spacial score (nSPS) is 11.1. The van der Waals surface area contributed by atoms with Crippen LogP contribution in [0.5, 0.6) is 5.75 Å². The molecule has 0 fully saturated rings. The van der Waals surface area contributed by atoms with Crippen molar-refractivity contribution in [3.63, 3.8) is 0 Å². The van der Waals surface area contributed by atoms with Gasteiger partial charge in [0.15, 0.2) is 10.6 Å². The van der Waals surface area contributed by atoms with Crippen molar-refractivity contribution in [2.24, 2.45) is 0 Å². The number of likely N-dealkylation sites (N-methyl/N-ethyl adjacent to an activating group) is 1. The van der Waals surface area contributed by atoms with Gasteiger partial charge in [0.2, 0.25) is 0 Å². The fraction of sp³-hybridized carbons (Fsp3) is 0.316. The van der Waals surface area contributed by atoms with Gasteiger partial charge < -0.3 is 9.30 Å². The zero-order valence-electron chi connectivity index (χ0n) is 15.4. The third-order valence-electron chi connectivity index (χ3n) is 4.11. The van der Waals surface area contributed by atoms with E-state index in [2.05, 4.69) is 16.8 Å². The first kappa shape index (κ1) is 19.5. The summed E-state index contributed by atoms with van der Waals surface area (Å²) in [5.74, 6) is 1.66. The van der Waals surface area contributed by atoms with Crippen molar-refractivity contribution in [3.8, 4) is 17.1 Å². The van der Waals surface area contributed by atoms with Crippen LogP contribution in [0.15, 0.2) is 48.8 Å². The molecule has 3 rings (SSSR count). The van der Waals surface area contributed by atoms with E-state index >= 15 is 0 Å². The van der Waals surface area contributed by atoms with Crippen LogP contribution in [0.4, 0.5) is 0 Å². The second-order valence-electron chi connectivity index (χ2n) is 6.11. The second-order valence-corrected chi connectivity index (χ2v) is 6.91. The highest BCUT2D eigenvalue weighted by molar-refractivity contribution is 7.71. The van der Waals surface area contributed by atoms with E-state index < -0.39 is 0 Å². The van der Waals surface area contributed by atoms with Crippen LogP contribution in [0.3, 0.4) is 0 Å². The molecule has 0 amide bonds. The van der Waals surface area contributed by atoms with Crippen LogP contribution in [0.1, 0.15) is 6.92 Å². The first-order chi connectivity index (χ1) is 13.1. The Labute approximate surface area is 169 Å². The van der Waals surface area contributed by atoms with E-state index in [1.54, 1.807) is 12.4 Å². The minimum absolute atomic E-state index is 0.567. The summed E-state index contributed by atoms with van der Waals surface area (Å²) >= 11 is 11.5. The van der Waals surface area contributed by atoms with E-state index in [9.17, 15) is 0 Å². The van der Waals surface area contributed by atoms with Crippen molar-refractivity contribution in [2.75, 3.05) is 20.2 Å². The Hall–Kier alpha value is -2.22. The SMILES string of the molecule is CCn1c(-c2ccncc2)nn(CN(C)CCOc2ccc(Cl)cc2)c1=S. The molecule has 0 saturated carbocycles. The molecule has 1 aromatic carbocycles. The number of ether oxygens (including phenoxy) is 1. The van der Waals surface area contributed by atoms with Crippen LogP contribution < -0.4 is 4.74 Å². The Morgan fingerprint density at radius 1 is 1.15 bits per heavy atom. The maximum absolute atomic E-state index is 5.88. The number of nitrogens with zero attached hydrogens (tertiary/aromatic N) is 5. The van der Waals surface area contributed by atoms with Crippen molar-refractivity contribution in [1.29, 1.82) is 0 Å². The van der Waals surface area contributed by atoms with Crippen LogP contribution in [-0.2, 0) is 13.2 Å². The smallest absolute Gasteiger partial charge is 0.199 e. The summed E-state index contributed by atoms with van der Waals surface area (Å²) in [6, 6.07) is 11.2. The van der Waals surface area contributed by atoms with Gasteiger partial charge in [-0.25, -0.2) is 4.68 Å². The van der Waals surface area contributed by atoms with Crippen molar-refractivity contribution in [3.05, 3.63) is 58.6 Å². The molecule has 2 aromatic heterocycles. The van der Waals surface area contributed by atoms with Crippen molar-refractivity contribution in [1.82, 2.24) is 24.2 Å². The number of benzene rings is 1. The predicted octanol–water partition coefficient (Wildman–Crippen LogP) is 4.12. The average Bonchev–Trinajstić information content (AvgIpc) is 2.99. The minimum atomic E-state index is 0.567. The summed E-state index contributed by atoms with van der Waals surface area (Å²) in [7, 11) is 2.02. The molecule has 0 bridgehead atoms. The number of hydrogen-bond donors (Lipinski definition) is 0. The van der Waals surface area contributed by atoms with Gasteiger partial charge in [-0.3, -0.25) is 9.88 Å². The Bertz CT molecular complexity index is 924. The molecule has 0 radical (unpaired) electrons. The van der Waals surface area contributed by atoms with E-state index in [1.807, 2.05) is 52.7 Å². The second kappa shape index (κ2) is 9.12. The molecule has 27 heavy (non-hydrogen) atoms. The van der Waals surface area contributed by atoms with Gasteiger partial charge in [0, 0.05) is 36.1 Å². The van der Waals surface area contributed by atoms with Crippen LogP contribution in [0, 0.1) is 4.77 Å². The molecule has 6 nitrogen and oxygen atoms in total. The van der Waals surface area contributed by atoms with Gasteiger partial charge in [-0.2, -0.15) is 5.10 Å². The Morgan fingerprint density at radius 2 is 1.85 bits per heavy atom. The zero-order chi connectivity index (χ0) is 19.2. The quantitative estimate of drug-likeness (QED) is 0.529. The van der Waals surface area contributed by atoms with Gasteiger partial charge in [-0.05, 0) is 62.6 Å². The van der Waals surface area contributed by atoms with Crippen LogP contribution in [0.2, 0.25) is 5.02 Å². The van der Waals surface area contributed by atoms with Gasteiger partial charge in [0.1, 0.15) is 12.4 Å². The molecule has 142 valence electrons. The summed E-state index contributed by atoms with van der Waals surface area (Å²) in [6.07, 6.45) is 3.52. The highest BCUT2D eigenvalue weighted by Gasteiger charge is 2.12. The lowest BCUT2D eigenvalue weighted by Gasteiger charge is -2.16. The first-order valence-corrected chi connectivity index (χ1v) is 9.52. The molecule has 8 heteroatoms. The van der Waals surface area contributed by atoms with Crippen molar-refractivity contribution in [2.45, 2.75) is 20.1 Å². The van der Waals surface area contributed by atoms with Gasteiger partial charge in [0.25, 0.3) is 0 Å². The third-order valence-corrected chi connectivity index (χ3v) is 4.79. The molecule has 0 saturated heterocycles. The lowest BCUT2D eigenvalue weighted by atomic mass is 10.2. The lowest BCUT2D eigenvalue weighted by Crippen LogP contribution is -2.27. The van der Waals surface area contributed by atoms with E-state index in [-0.39, 0.29) is 0 Å². The van der Waals surface area contributed by atoms with Crippen molar-refractivity contribution < 1.29 is 4.74 Å². The largest absolute Gasteiger partial charge is 0.492 e. The van der Waals surface area contributed by atoms with Crippen molar-refractivity contribution >= 4 is 23.8 Å². The van der Waals surface area contributed by atoms with Gasteiger partial charge in [-0.1, -0.05) is 11.6 Å². The molecule has 0 aliphatic carbocycles. The van der Waals surface area contributed by atoms with Gasteiger partial charge >= 0.3 is 0 Å². The Kier molecular flexibility index (Phi) is 6.60. The first-order valence-electron chi connectivity index (χ1n) is 8.73. The molecular formula is C19H22ClN5OS. The number of pyridine rings is 1. The molecule has 3 aromatic rings. The van der Waals surface area contributed by atoms with E-state index in [4.69, 9.17) is 33.7 Å². The predicted molar refractivity (Wildman–Crippen MR) is 110 cm³/mol. The van der Waals surface area contributed by atoms with E-state index in [1.165, 1.54) is 0 Å². The fourth-order valence-electron chi connectivity index (χ4n) is 2.68. The zero-order valence-corrected chi connectivity index (χ0v) is 17.0. The standard InChI is InChI=1S/C19H22ClN5OS/c1-3-24-18(15-8-10-21-11-9-15)22-25(19(24)27)14-23(2)12-13-26-17-6-4-16(20)5-7-17/h4-11H,3,12-14H2,1-2H3. The number of rotatable bonds is 8. The fourth-order valence-corrected chi connectivity index (χ4v) is 3.12. The molecule has 0 aliphatic heterocycles. The molecular weight excluding hydrogens is 382 g/mol. The lowest BCUT2D eigenvalue weighted by molar-refractivity contribution is 0.197. The summed E-state index contributed by atoms with van der Waals surface area (Å²) in [5.41, 5.74) is 1.01. The number of halogens is 1. The van der Waals surface area contributed by atoms with Crippen LogP contribution in [-0.4, -0.2) is 44.4 Å². The maximum Gasteiger partial charge on any atom is 0.199 e. The van der Waals surface area contributed by atoms with E-state index in [0.717, 1.165) is 30.2 Å². The minimum Gasteiger partial charge on any atom is -0.492 e. The molecule has 0 N–H and O–H groups in total. The monoisotopic (exact) mass is 403 g/mol. The molecule has 0 spiro atoms. The number of hydrogen-bond acceptors (Lipinski definition) is 5. The molecule has 0 aliphatic rings. The van der Waals surface area contributed by atoms with Crippen LogP contribution in [0.25, 0.3) is 11.4 Å². The molecule has 2 heterocycles. The summed E-state index contributed by atoms with van der Waals surface area (Å²) < 4.78 is 10.3. The Balaban J connectivity index is 1.63. The van der Waals surface area contributed by atoms with Crippen LogP contribution >= 0.6 is 23.8 Å². The summed E-state index contributed by atoms with van der Waals surface area (Å²) in [4.78, 5) is 6.19. The molecule has 0 atom stereocenters. The summed E-state index contributed by atoms with van der Waals surface area (Å²) in [5, 5.41) is 5.42. The summed E-state index contributed by atoms with van der Waals surface area (Å²) in [6.45, 7) is 4.73. The number of aromatic nitrogens is 4. The highest BCUT2D eigenvalue weighted by atomic mass is 35.5. The average molecular weight is 404 g/mol. The van der Waals surface area contributed by atoms with Gasteiger partial charge in [0.05, 0.1) is 6.67 Å². The molecule has 0 unspecified atom stereocenters. The Morgan fingerprint density at radius 3 is 2.52 bits per heavy atom. The van der Waals surface area contributed by atoms with Gasteiger partial charge in [-0.15, -0.1) is 0 Å². The topological polar surface area (TPSA) is 48.1 Å². The maximum atomic E-state index is 5.88. The van der Waals surface area contributed by atoms with E-state index in [0.29, 0.717) is 23.1 Å². The highest BCUT2D eigenvalue weighted by Crippen LogP contribution is 2.18. The third kappa shape index (κ3) is 4.94.